The van der Waals surface area contributed by atoms with Gasteiger partial charge in [0.15, 0.2) is 5.84 Å². The number of fused-ring (bicyclic) bond motifs is 6. The molecule has 2 aromatic heterocycles. The smallest absolute Gasteiger partial charge is 0.159 e. The first kappa shape index (κ1) is 24.6. The van der Waals surface area contributed by atoms with E-state index in [0.717, 1.165) is 50.2 Å². The van der Waals surface area contributed by atoms with Crippen molar-refractivity contribution in [2.75, 3.05) is 0 Å². The zero-order chi connectivity index (χ0) is 29.0. The Morgan fingerprint density at radius 2 is 1.25 bits per heavy atom. The number of amidine groups is 2. The number of benzene rings is 6. The summed E-state index contributed by atoms with van der Waals surface area (Å²) in [4.78, 5) is 9.97. The van der Waals surface area contributed by atoms with Crippen LogP contribution in [0.5, 0.6) is 0 Å². The van der Waals surface area contributed by atoms with Gasteiger partial charge in [0.2, 0.25) is 0 Å². The van der Waals surface area contributed by atoms with Crippen molar-refractivity contribution in [2.24, 2.45) is 9.98 Å². The van der Waals surface area contributed by atoms with Gasteiger partial charge in [0.25, 0.3) is 0 Å². The summed E-state index contributed by atoms with van der Waals surface area (Å²) in [6.07, 6.45) is -0.257. The molecule has 1 aliphatic heterocycles. The minimum absolute atomic E-state index is 0.257. The molecule has 0 radical (unpaired) electrons. The Morgan fingerprint density at radius 1 is 0.568 bits per heavy atom. The van der Waals surface area contributed by atoms with Crippen molar-refractivity contribution in [3.63, 3.8) is 0 Å². The predicted octanol–water partition coefficient (Wildman–Crippen LogP) is 9.18. The summed E-state index contributed by atoms with van der Waals surface area (Å²) in [6.45, 7) is 0. The summed E-state index contributed by atoms with van der Waals surface area (Å²) < 4.78 is 8.90. The Kier molecular flexibility index (Phi) is 5.50. The molecule has 0 bridgehead atoms. The van der Waals surface area contributed by atoms with Crippen LogP contribution >= 0.6 is 0 Å². The molecule has 1 atom stereocenters. The second-order valence-electron chi connectivity index (χ2n) is 11.1. The number of aromatic nitrogens is 1. The molecule has 0 aliphatic carbocycles. The van der Waals surface area contributed by atoms with Crippen LogP contribution in [0.15, 0.2) is 160 Å². The minimum atomic E-state index is -0.257. The fourth-order valence-electron chi connectivity index (χ4n) is 6.44. The summed E-state index contributed by atoms with van der Waals surface area (Å²) in [5.41, 5.74) is 8.11. The zero-order valence-corrected chi connectivity index (χ0v) is 23.7. The normalized spacial score (nSPS) is 15.0. The number of furan rings is 1. The van der Waals surface area contributed by atoms with Crippen molar-refractivity contribution in [1.82, 2.24) is 9.88 Å². The lowest BCUT2D eigenvalue weighted by molar-refractivity contribution is 0.666. The Hall–Kier alpha value is -5.94. The highest BCUT2D eigenvalue weighted by atomic mass is 16.3. The lowest BCUT2D eigenvalue weighted by Crippen LogP contribution is -2.33. The summed E-state index contributed by atoms with van der Waals surface area (Å²) in [5.74, 6) is 1.46. The van der Waals surface area contributed by atoms with E-state index in [1.807, 2.05) is 54.6 Å². The highest BCUT2D eigenvalue weighted by Gasteiger charge is 2.22. The zero-order valence-electron chi connectivity index (χ0n) is 23.7. The number of rotatable bonds is 4. The van der Waals surface area contributed by atoms with E-state index >= 15 is 0 Å². The van der Waals surface area contributed by atoms with Gasteiger partial charge in [0.05, 0.1) is 22.1 Å². The van der Waals surface area contributed by atoms with E-state index in [1.165, 1.54) is 21.8 Å². The fraction of sp³-hybridized carbons (Fsp3) is 0.0256. The Bertz CT molecular complexity index is 2360. The number of hydrogen-bond acceptors (Lipinski definition) is 4. The van der Waals surface area contributed by atoms with Crippen molar-refractivity contribution in [2.45, 2.75) is 6.17 Å². The maximum absolute atomic E-state index is 6.54. The first-order valence-electron chi connectivity index (χ1n) is 14.8. The van der Waals surface area contributed by atoms with Crippen LogP contribution in [0.4, 0.5) is 0 Å². The van der Waals surface area contributed by atoms with Crippen LogP contribution in [0.3, 0.4) is 0 Å². The van der Waals surface area contributed by atoms with Gasteiger partial charge in [0.1, 0.15) is 23.2 Å². The summed E-state index contributed by atoms with van der Waals surface area (Å²) in [5, 5.41) is 8.20. The molecule has 5 nitrogen and oxygen atoms in total. The third kappa shape index (κ3) is 3.87. The first-order chi connectivity index (χ1) is 21.8. The minimum Gasteiger partial charge on any atom is -0.456 e. The van der Waals surface area contributed by atoms with Gasteiger partial charge >= 0.3 is 0 Å². The molecule has 8 aromatic rings. The number of aliphatic imine (C=N–C) groups is 2. The molecule has 0 amide bonds. The first-order valence-corrected chi connectivity index (χ1v) is 14.8. The number of nitrogens with zero attached hydrogens (tertiary/aromatic N) is 3. The lowest BCUT2D eigenvalue weighted by Gasteiger charge is -2.23. The molecule has 1 aliphatic rings. The van der Waals surface area contributed by atoms with Gasteiger partial charge in [-0.1, -0.05) is 109 Å². The maximum atomic E-state index is 6.54. The van der Waals surface area contributed by atoms with Gasteiger partial charge < -0.3 is 14.3 Å². The molecule has 44 heavy (non-hydrogen) atoms. The van der Waals surface area contributed by atoms with Crippen molar-refractivity contribution >= 4 is 55.4 Å². The Balaban J connectivity index is 1.21. The van der Waals surface area contributed by atoms with E-state index in [0.29, 0.717) is 5.84 Å². The highest BCUT2D eigenvalue weighted by molar-refractivity contribution is 6.17. The number of para-hydroxylation sites is 2. The fourth-order valence-corrected chi connectivity index (χ4v) is 6.44. The number of hydrogen-bond donors (Lipinski definition) is 1. The van der Waals surface area contributed by atoms with Gasteiger partial charge in [-0.15, -0.1) is 0 Å². The van der Waals surface area contributed by atoms with Crippen molar-refractivity contribution in [3.8, 4) is 5.69 Å². The standard InChI is InChI=1S/C39H26N4O/c1-3-12-25(13-4-1)37-40-38(26-14-5-2-6-15-26)42-39(41-37)27-22-23-30-35(24-27)44-34-21-11-20-33(36(30)34)43-31-18-9-7-16-28(31)29-17-8-10-19-32(29)43/h1-24,37H,(H,40,41,42). The average Bonchev–Trinajstić information content (AvgIpc) is 3.64. The van der Waals surface area contributed by atoms with E-state index in [9.17, 15) is 0 Å². The Labute approximate surface area is 253 Å². The molecule has 1 unspecified atom stereocenters. The summed E-state index contributed by atoms with van der Waals surface area (Å²) >= 11 is 0. The van der Waals surface area contributed by atoms with Crippen LogP contribution < -0.4 is 5.32 Å². The highest BCUT2D eigenvalue weighted by Crippen LogP contribution is 2.38. The SMILES string of the molecule is c1ccc(C2=NC(c3ccccc3)NC(c3ccc4c(c3)oc3cccc(-n5c6ccccc6c6ccccc65)c34)=N2)cc1. The van der Waals surface area contributed by atoms with Crippen molar-refractivity contribution < 1.29 is 4.42 Å². The largest absolute Gasteiger partial charge is 0.456 e. The molecule has 0 saturated carbocycles. The molecular weight excluding hydrogens is 540 g/mol. The van der Waals surface area contributed by atoms with E-state index in [2.05, 4.69) is 101 Å². The second kappa shape index (κ2) is 9.82. The van der Waals surface area contributed by atoms with Crippen molar-refractivity contribution in [1.29, 1.82) is 0 Å². The van der Waals surface area contributed by atoms with Gasteiger partial charge in [-0.2, -0.15) is 0 Å². The van der Waals surface area contributed by atoms with Gasteiger partial charge in [-0.3, -0.25) is 0 Å². The molecule has 3 heterocycles. The average molecular weight is 567 g/mol. The predicted molar refractivity (Wildman–Crippen MR) is 180 cm³/mol. The maximum Gasteiger partial charge on any atom is 0.159 e. The van der Waals surface area contributed by atoms with E-state index < -0.39 is 0 Å². The molecule has 0 fully saturated rings. The molecule has 5 heteroatoms. The second-order valence-corrected chi connectivity index (χ2v) is 11.1. The van der Waals surface area contributed by atoms with Crippen LogP contribution in [0.1, 0.15) is 22.9 Å². The molecule has 1 N–H and O–H groups in total. The third-order valence-corrected chi connectivity index (χ3v) is 8.46. The molecular formula is C39H26N4O. The Morgan fingerprint density at radius 3 is 2.00 bits per heavy atom. The molecule has 0 saturated heterocycles. The van der Waals surface area contributed by atoms with Crippen LogP contribution in [0, 0.1) is 0 Å². The molecule has 0 spiro atoms. The van der Waals surface area contributed by atoms with Crippen LogP contribution in [-0.2, 0) is 0 Å². The van der Waals surface area contributed by atoms with Crippen LogP contribution in [-0.4, -0.2) is 16.2 Å². The van der Waals surface area contributed by atoms with E-state index in [4.69, 9.17) is 14.4 Å². The van der Waals surface area contributed by atoms with Gasteiger partial charge in [0, 0.05) is 27.3 Å². The van der Waals surface area contributed by atoms with Gasteiger partial charge in [-0.05, 0) is 42.0 Å². The number of nitrogens with one attached hydrogen (secondary N) is 1. The third-order valence-electron chi connectivity index (χ3n) is 8.46. The lowest BCUT2D eigenvalue weighted by atomic mass is 10.1. The topological polar surface area (TPSA) is 54.8 Å². The van der Waals surface area contributed by atoms with Gasteiger partial charge in [-0.25, -0.2) is 9.98 Å². The monoisotopic (exact) mass is 566 g/mol. The van der Waals surface area contributed by atoms with Crippen LogP contribution in [0.25, 0.3) is 49.4 Å². The molecule has 208 valence electrons. The van der Waals surface area contributed by atoms with E-state index in [-0.39, 0.29) is 6.17 Å². The quantitative estimate of drug-likeness (QED) is 0.231. The summed E-state index contributed by atoms with van der Waals surface area (Å²) in [6, 6.07) is 50.3. The van der Waals surface area contributed by atoms with Crippen molar-refractivity contribution in [3.05, 3.63) is 162 Å². The molecule has 6 aromatic carbocycles. The molecule has 9 rings (SSSR count). The summed E-state index contributed by atoms with van der Waals surface area (Å²) in [7, 11) is 0. The van der Waals surface area contributed by atoms with E-state index in [1.54, 1.807) is 0 Å². The van der Waals surface area contributed by atoms with Crippen LogP contribution in [0.2, 0.25) is 0 Å².